The summed E-state index contributed by atoms with van der Waals surface area (Å²) < 4.78 is 22.9. The van der Waals surface area contributed by atoms with Crippen LogP contribution >= 0.6 is 0 Å². The fraction of sp³-hybridized carbons (Fsp3) is 0.688. The molecule has 1 amide bonds. The van der Waals surface area contributed by atoms with Gasteiger partial charge in [-0.15, -0.1) is 0 Å². The van der Waals surface area contributed by atoms with Crippen LogP contribution in [-0.4, -0.2) is 66.9 Å². The second kappa shape index (κ2) is 6.66. The summed E-state index contributed by atoms with van der Waals surface area (Å²) >= 11 is 0. The lowest BCUT2D eigenvalue weighted by Gasteiger charge is -2.36. The maximum absolute atomic E-state index is 12.3. The maximum Gasteiger partial charge on any atom is 0.225 e. The first-order valence-electron chi connectivity index (χ1n) is 8.32. The first-order chi connectivity index (χ1) is 11.3. The van der Waals surface area contributed by atoms with Crippen molar-refractivity contribution >= 4 is 21.7 Å². The fourth-order valence-corrected chi connectivity index (χ4v) is 4.71. The van der Waals surface area contributed by atoms with Gasteiger partial charge >= 0.3 is 0 Å². The molecule has 0 spiro atoms. The summed E-state index contributed by atoms with van der Waals surface area (Å²) in [5.74, 6) is 0.868. The molecular weight excluding hydrogens is 328 g/mol. The SMILES string of the molecule is Cc1cnc(N2CCC(N3CC(CS(C)(=O)=O)CC3=O)CC2)nc1. The van der Waals surface area contributed by atoms with Crippen molar-refractivity contribution in [1.29, 1.82) is 0 Å². The van der Waals surface area contributed by atoms with Crippen LogP contribution < -0.4 is 4.90 Å². The third-order valence-corrected chi connectivity index (χ3v) is 5.81. The first-order valence-corrected chi connectivity index (χ1v) is 10.4. The van der Waals surface area contributed by atoms with Crippen LogP contribution in [0.4, 0.5) is 5.95 Å². The topological polar surface area (TPSA) is 83.5 Å². The number of aryl methyl sites for hydroxylation is 1. The zero-order valence-corrected chi connectivity index (χ0v) is 15.0. The number of piperidine rings is 1. The number of sulfone groups is 1. The molecular formula is C16H24N4O3S. The van der Waals surface area contributed by atoms with E-state index in [1.807, 2.05) is 24.2 Å². The summed E-state index contributed by atoms with van der Waals surface area (Å²) in [6, 6.07) is 0.198. The molecule has 0 bridgehead atoms. The molecule has 1 aromatic rings. The predicted octanol–water partition coefficient (Wildman–Crippen LogP) is 0.647. The summed E-state index contributed by atoms with van der Waals surface area (Å²) in [6.07, 6.45) is 6.96. The van der Waals surface area contributed by atoms with Gasteiger partial charge in [0.2, 0.25) is 11.9 Å². The van der Waals surface area contributed by atoms with Crippen LogP contribution in [0.25, 0.3) is 0 Å². The van der Waals surface area contributed by atoms with E-state index in [-0.39, 0.29) is 23.6 Å². The van der Waals surface area contributed by atoms with Crippen LogP contribution in [-0.2, 0) is 14.6 Å². The summed E-state index contributed by atoms with van der Waals surface area (Å²) in [5, 5.41) is 0. The molecule has 1 atom stereocenters. The Morgan fingerprint density at radius 1 is 1.21 bits per heavy atom. The van der Waals surface area contributed by atoms with E-state index in [0.29, 0.717) is 13.0 Å². The van der Waals surface area contributed by atoms with Crippen LogP contribution in [0.1, 0.15) is 24.8 Å². The van der Waals surface area contributed by atoms with E-state index < -0.39 is 9.84 Å². The molecule has 2 aliphatic rings. The van der Waals surface area contributed by atoms with Gasteiger partial charge in [0.1, 0.15) is 9.84 Å². The van der Waals surface area contributed by atoms with Crippen molar-refractivity contribution in [3.8, 4) is 0 Å². The lowest BCUT2D eigenvalue weighted by Crippen LogP contribution is -2.46. The van der Waals surface area contributed by atoms with Gasteiger partial charge in [0, 0.05) is 50.7 Å². The molecule has 24 heavy (non-hydrogen) atoms. The average Bonchev–Trinajstić information content (AvgIpc) is 2.86. The van der Waals surface area contributed by atoms with Gasteiger partial charge in [0.05, 0.1) is 5.75 Å². The number of carbonyl (C=O) groups is 1. The number of hydrogen-bond donors (Lipinski definition) is 0. The predicted molar refractivity (Wildman–Crippen MR) is 91.5 cm³/mol. The zero-order chi connectivity index (χ0) is 17.3. The Kier molecular flexibility index (Phi) is 4.76. The van der Waals surface area contributed by atoms with Crippen LogP contribution in [0.3, 0.4) is 0 Å². The minimum Gasteiger partial charge on any atom is -0.341 e. The molecule has 0 saturated carbocycles. The molecule has 2 aliphatic heterocycles. The van der Waals surface area contributed by atoms with E-state index in [0.717, 1.165) is 37.4 Å². The Hall–Kier alpha value is -1.70. The van der Waals surface area contributed by atoms with Crippen LogP contribution in [0.15, 0.2) is 12.4 Å². The van der Waals surface area contributed by atoms with Gasteiger partial charge in [-0.3, -0.25) is 4.79 Å². The fourth-order valence-electron chi connectivity index (χ4n) is 3.63. The number of likely N-dealkylation sites (tertiary alicyclic amines) is 1. The molecule has 8 heteroatoms. The molecule has 3 heterocycles. The second-order valence-corrected chi connectivity index (χ2v) is 9.17. The maximum atomic E-state index is 12.3. The van der Waals surface area contributed by atoms with E-state index >= 15 is 0 Å². The smallest absolute Gasteiger partial charge is 0.225 e. The van der Waals surface area contributed by atoms with Gasteiger partial charge < -0.3 is 9.80 Å². The van der Waals surface area contributed by atoms with Gasteiger partial charge in [0.15, 0.2) is 0 Å². The van der Waals surface area contributed by atoms with Crippen molar-refractivity contribution in [2.24, 2.45) is 5.92 Å². The first kappa shape index (κ1) is 17.1. The van der Waals surface area contributed by atoms with Crippen molar-refractivity contribution in [3.63, 3.8) is 0 Å². The molecule has 3 rings (SSSR count). The van der Waals surface area contributed by atoms with Crippen molar-refractivity contribution in [2.75, 3.05) is 36.5 Å². The van der Waals surface area contributed by atoms with E-state index in [4.69, 9.17) is 0 Å². The molecule has 2 saturated heterocycles. The quantitative estimate of drug-likeness (QED) is 0.791. The molecule has 0 N–H and O–H groups in total. The van der Waals surface area contributed by atoms with Crippen molar-refractivity contribution < 1.29 is 13.2 Å². The number of amides is 1. The summed E-state index contributed by atoms with van der Waals surface area (Å²) in [4.78, 5) is 25.0. The van der Waals surface area contributed by atoms with E-state index in [9.17, 15) is 13.2 Å². The second-order valence-electron chi connectivity index (χ2n) is 6.99. The normalized spacial score (nSPS) is 23.1. The average molecular weight is 352 g/mol. The summed E-state index contributed by atoms with van der Waals surface area (Å²) in [6.45, 7) is 4.15. The zero-order valence-electron chi connectivity index (χ0n) is 14.2. The highest BCUT2D eigenvalue weighted by atomic mass is 32.2. The third-order valence-electron chi connectivity index (χ3n) is 4.73. The van der Waals surface area contributed by atoms with Crippen LogP contribution in [0.5, 0.6) is 0 Å². The molecule has 0 radical (unpaired) electrons. The highest BCUT2D eigenvalue weighted by Gasteiger charge is 2.37. The summed E-state index contributed by atoms with van der Waals surface area (Å²) in [7, 11) is -3.04. The number of rotatable bonds is 4. The van der Waals surface area contributed by atoms with Gasteiger partial charge in [-0.05, 0) is 31.2 Å². The Balaban J connectivity index is 1.56. The van der Waals surface area contributed by atoms with Crippen molar-refractivity contribution in [2.45, 2.75) is 32.2 Å². The Morgan fingerprint density at radius 2 is 1.83 bits per heavy atom. The van der Waals surface area contributed by atoms with Gasteiger partial charge in [-0.2, -0.15) is 0 Å². The number of anilines is 1. The largest absolute Gasteiger partial charge is 0.341 e. The highest BCUT2D eigenvalue weighted by molar-refractivity contribution is 7.90. The number of nitrogens with zero attached hydrogens (tertiary/aromatic N) is 4. The van der Waals surface area contributed by atoms with Crippen molar-refractivity contribution in [1.82, 2.24) is 14.9 Å². The molecule has 0 aromatic carbocycles. The molecule has 132 valence electrons. The van der Waals surface area contributed by atoms with E-state index in [1.165, 1.54) is 6.26 Å². The number of hydrogen-bond acceptors (Lipinski definition) is 6. The highest BCUT2D eigenvalue weighted by Crippen LogP contribution is 2.27. The van der Waals surface area contributed by atoms with E-state index in [2.05, 4.69) is 14.9 Å². The molecule has 0 aliphatic carbocycles. The van der Waals surface area contributed by atoms with Crippen LogP contribution in [0, 0.1) is 12.8 Å². The lowest BCUT2D eigenvalue weighted by molar-refractivity contribution is -0.130. The minimum absolute atomic E-state index is 0.0639. The van der Waals surface area contributed by atoms with Gasteiger partial charge in [0.25, 0.3) is 0 Å². The summed E-state index contributed by atoms with van der Waals surface area (Å²) in [5.41, 5.74) is 1.04. The molecule has 2 fully saturated rings. The van der Waals surface area contributed by atoms with Crippen LogP contribution in [0.2, 0.25) is 0 Å². The molecule has 1 aromatic heterocycles. The molecule has 1 unspecified atom stereocenters. The standard InChI is InChI=1S/C16H24N4O3S/c1-12-8-17-16(18-9-12)19-5-3-14(4-6-19)20-10-13(7-15(20)21)11-24(2,22)23/h8-9,13-14H,3-7,10-11H2,1-2H3. The Bertz CT molecular complexity index is 697. The van der Waals surface area contributed by atoms with E-state index in [1.54, 1.807) is 0 Å². The van der Waals surface area contributed by atoms with Crippen molar-refractivity contribution in [3.05, 3.63) is 18.0 Å². The number of aromatic nitrogens is 2. The number of carbonyl (C=O) groups excluding carboxylic acids is 1. The lowest BCUT2D eigenvalue weighted by atomic mass is 10.0. The molecule has 7 nitrogen and oxygen atoms in total. The van der Waals surface area contributed by atoms with Gasteiger partial charge in [-0.1, -0.05) is 0 Å². The monoisotopic (exact) mass is 352 g/mol. The third kappa shape index (κ3) is 4.03. The van der Waals surface area contributed by atoms with Gasteiger partial charge in [-0.25, -0.2) is 18.4 Å². The Morgan fingerprint density at radius 3 is 2.42 bits per heavy atom. The Labute approximate surface area is 143 Å². The minimum atomic E-state index is -3.04.